The van der Waals surface area contributed by atoms with E-state index in [9.17, 15) is 4.79 Å². The molecule has 1 atom stereocenters. The molecule has 3 aromatic rings. The average molecular weight is 338 g/mol. The van der Waals surface area contributed by atoms with Gasteiger partial charge >= 0.3 is 0 Å². The van der Waals surface area contributed by atoms with Crippen molar-refractivity contribution in [1.82, 2.24) is 29.9 Å². The monoisotopic (exact) mass is 338 g/mol. The Balaban J connectivity index is 1.74. The first kappa shape index (κ1) is 16.9. The van der Waals surface area contributed by atoms with Crippen LogP contribution in [0.1, 0.15) is 29.9 Å². The second-order valence-corrected chi connectivity index (χ2v) is 6.03. The molecule has 0 saturated carbocycles. The Morgan fingerprint density at radius 1 is 1.32 bits per heavy atom. The number of nitrogens with one attached hydrogen (secondary N) is 1. The number of hydrogen-bond donors (Lipinski definition) is 1. The predicted octanol–water partition coefficient (Wildman–Crippen LogP) is 2.29. The van der Waals surface area contributed by atoms with Crippen LogP contribution < -0.4 is 5.32 Å². The molecular weight excluding hydrogens is 316 g/mol. The molecule has 3 rings (SSSR count). The Kier molecular flexibility index (Phi) is 4.92. The Bertz CT molecular complexity index is 852. The molecule has 0 aliphatic heterocycles. The summed E-state index contributed by atoms with van der Waals surface area (Å²) in [7, 11) is 0. The van der Waals surface area contributed by atoms with Crippen molar-refractivity contribution >= 4 is 5.91 Å². The van der Waals surface area contributed by atoms with Gasteiger partial charge in [-0.25, -0.2) is 4.98 Å². The second kappa shape index (κ2) is 7.29. The lowest BCUT2D eigenvalue weighted by Crippen LogP contribution is -2.35. The third kappa shape index (κ3) is 3.76. The topological polar surface area (TPSA) is 77.6 Å². The van der Waals surface area contributed by atoms with Crippen molar-refractivity contribution in [2.24, 2.45) is 0 Å². The largest absolute Gasteiger partial charge is 0.348 e. The predicted molar refractivity (Wildman–Crippen MR) is 95.0 cm³/mol. The minimum Gasteiger partial charge on any atom is -0.348 e. The Labute approximate surface area is 146 Å². The lowest BCUT2D eigenvalue weighted by Gasteiger charge is -2.14. The van der Waals surface area contributed by atoms with Crippen molar-refractivity contribution < 1.29 is 4.79 Å². The first-order valence-corrected chi connectivity index (χ1v) is 8.34. The van der Waals surface area contributed by atoms with E-state index in [1.165, 1.54) is 6.33 Å². The fraction of sp³-hybridized carbons (Fsp3) is 0.333. The molecule has 7 heteroatoms. The van der Waals surface area contributed by atoms with Crippen LogP contribution in [0.3, 0.4) is 0 Å². The highest BCUT2D eigenvalue weighted by Crippen LogP contribution is 2.24. The van der Waals surface area contributed by atoms with Crippen LogP contribution in [-0.4, -0.2) is 36.5 Å². The second-order valence-electron chi connectivity index (χ2n) is 6.03. The van der Waals surface area contributed by atoms with Crippen molar-refractivity contribution in [2.75, 3.05) is 0 Å². The summed E-state index contributed by atoms with van der Waals surface area (Å²) < 4.78 is 3.64. The van der Waals surface area contributed by atoms with E-state index in [0.717, 1.165) is 23.4 Å². The minimum absolute atomic E-state index is 0.0533. The van der Waals surface area contributed by atoms with Crippen LogP contribution in [0.2, 0.25) is 0 Å². The molecule has 0 bridgehead atoms. The summed E-state index contributed by atoms with van der Waals surface area (Å²) in [6, 6.07) is 7.57. The summed E-state index contributed by atoms with van der Waals surface area (Å²) in [5.41, 5.74) is 3.77. The number of hydrogen-bond acceptors (Lipinski definition) is 4. The molecule has 1 N–H and O–H groups in total. The number of rotatable bonds is 6. The van der Waals surface area contributed by atoms with Gasteiger partial charge in [-0.3, -0.25) is 14.2 Å². The van der Waals surface area contributed by atoms with Gasteiger partial charge in [-0.05, 0) is 38.5 Å². The third-order valence-electron chi connectivity index (χ3n) is 4.14. The lowest BCUT2D eigenvalue weighted by molar-refractivity contribution is 0.0936. The van der Waals surface area contributed by atoms with Gasteiger partial charge in [-0.2, -0.15) is 10.2 Å². The van der Waals surface area contributed by atoms with Crippen molar-refractivity contribution in [3.05, 3.63) is 54.4 Å². The van der Waals surface area contributed by atoms with Gasteiger partial charge in [0, 0.05) is 29.4 Å². The number of benzene rings is 1. The number of aryl methyl sites for hydroxylation is 1. The first-order valence-electron chi connectivity index (χ1n) is 8.34. The van der Waals surface area contributed by atoms with E-state index < -0.39 is 0 Å². The molecule has 7 nitrogen and oxygen atoms in total. The average Bonchev–Trinajstić information content (AvgIpc) is 3.24. The molecule has 0 aliphatic rings. The molecule has 2 heterocycles. The van der Waals surface area contributed by atoms with Crippen LogP contribution in [0.25, 0.3) is 11.1 Å². The molecule has 1 amide bonds. The fourth-order valence-electron chi connectivity index (χ4n) is 2.84. The molecule has 2 aromatic heterocycles. The molecule has 25 heavy (non-hydrogen) atoms. The van der Waals surface area contributed by atoms with Crippen LogP contribution in [0.5, 0.6) is 0 Å². The normalized spacial score (nSPS) is 12.1. The molecule has 0 radical (unpaired) electrons. The summed E-state index contributed by atoms with van der Waals surface area (Å²) in [6.45, 7) is 7.45. The van der Waals surface area contributed by atoms with Gasteiger partial charge in [-0.1, -0.05) is 12.1 Å². The van der Waals surface area contributed by atoms with Gasteiger partial charge in [0.15, 0.2) is 0 Å². The Morgan fingerprint density at radius 2 is 2.16 bits per heavy atom. The summed E-state index contributed by atoms with van der Waals surface area (Å²) in [4.78, 5) is 16.4. The van der Waals surface area contributed by atoms with E-state index >= 15 is 0 Å². The summed E-state index contributed by atoms with van der Waals surface area (Å²) >= 11 is 0. The van der Waals surface area contributed by atoms with E-state index in [1.54, 1.807) is 11.0 Å². The maximum absolute atomic E-state index is 12.5. The Hall–Kier alpha value is -2.96. The number of carbonyl (C=O) groups excluding carboxylic acids is 1. The lowest BCUT2D eigenvalue weighted by atomic mass is 10.0. The zero-order valence-electron chi connectivity index (χ0n) is 14.7. The molecule has 130 valence electrons. The number of amides is 1. The highest BCUT2D eigenvalue weighted by Gasteiger charge is 2.13. The quantitative estimate of drug-likeness (QED) is 0.748. The summed E-state index contributed by atoms with van der Waals surface area (Å²) in [6.07, 6.45) is 4.97. The smallest absolute Gasteiger partial charge is 0.251 e. The summed E-state index contributed by atoms with van der Waals surface area (Å²) in [5, 5.41) is 11.4. The molecular formula is C18H22N6O. The van der Waals surface area contributed by atoms with E-state index in [0.29, 0.717) is 12.1 Å². The SMILES string of the molecule is CCn1ncc(-c2cccc(C(=O)NC(C)Cn3cncn3)c2)c1C. The molecule has 1 unspecified atom stereocenters. The third-order valence-corrected chi connectivity index (χ3v) is 4.14. The first-order chi connectivity index (χ1) is 12.1. The van der Waals surface area contributed by atoms with Crippen LogP contribution in [0.4, 0.5) is 0 Å². The van der Waals surface area contributed by atoms with Crippen molar-refractivity contribution in [3.63, 3.8) is 0 Å². The Morgan fingerprint density at radius 3 is 2.84 bits per heavy atom. The molecule has 0 saturated heterocycles. The molecule has 0 aliphatic carbocycles. The van der Waals surface area contributed by atoms with Crippen LogP contribution in [0, 0.1) is 6.92 Å². The van der Waals surface area contributed by atoms with Gasteiger partial charge in [0.25, 0.3) is 5.91 Å². The van der Waals surface area contributed by atoms with Crippen LogP contribution >= 0.6 is 0 Å². The van der Waals surface area contributed by atoms with Gasteiger partial charge < -0.3 is 5.32 Å². The van der Waals surface area contributed by atoms with Crippen LogP contribution in [0.15, 0.2) is 43.1 Å². The zero-order valence-corrected chi connectivity index (χ0v) is 14.7. The standard InChI is InChI=1S/C18H22N6O/c1-4-24-14(3)17(9-20-24)15-6-5-7-16(8-15)18(25)22-13(2)10-23-12-19-11-21-23/h5-9,11-13H,4,10H2,1-3H3,(H,22,25). The van der Waals surface area contributed by atoms with Gasteiger partial charge in [0.1, 0.15) is 12.7 Å². The fourth-order valence-corrected chi connectivity index (χ4v) is 2.84. The molecule has 0 spiro atoms. The highest BCUT2D eigenvalue weighted by molar-refractivity contribution is 5.95. The van der Waals surface area contributed by atoms with Gasteiger partial charge in [-0.15, -0.1) is 0 Å². The highest BCUT2D eigenvalue weighted by atomic mass is 16.1. The maximum atomic E-state index is 12.5. The van der Waals surface area contributed by atoms with Crippen LogP contribution in [-0.2, 0) is 13.1 Å². The number of aromatic nitrogens is 5. The number of carbonyl (C=O) groups is 1. The maximum Gasteiger partial charge on any atom is 0.251 e. The van der Waals surface area contributed by atoms with E-state index in [1.807, 2.05) is 49.0 Å². The van der Waals surface area contributed by atoms with Gasteiger partial charge in [0.05, 0.1) is 12.7 Å². The van der Waals surface area contributed by atoms with E-state index in [2.05, 4.69) is 27.4 Å². The molecule has 0 fully saturated rings. The van der Waals surface area contributed by atoms with Gasteiger partial charge in [0.2, 0.25) is 0 Å². The van der Waals surface area contributed by atoms with Crippen molar-refractivity contribution in [1.29, 1.82) is 0 Å². The van der Waals surface area contributed by atoms with E-state index in [4.69, 9.17) is 0 Å². The molecule has 1 aromatic carbocycles. The van der Waals surface area contributed by atoms with E-state index in [-0.39, 0.29) is 11.9 Å². The summed E-state index contributed by atoms with van der Waals surface area (Å²) in [5.74, 6) is -0.102. The van der Waals surface area contributed by atoms with Crippen molar-refractivity contribution in [2.45, 2.75) is 39.9 Å². The van der Waals surface area contributed by atoms with Crippen molar-refractivity contribution in [3.8, 4) is 11.1 Å². The minimum atomic E-state index is -0.102. The number of nitrogens with zero attached hydrogens (tertiary/aromatic N) is 5. The zero-order chi connectivity index (χ0) is 17.8.